The van der Waals surface area contributed by atoms with Gasteiger partial charge in [0, 0.05) is 24.8 Å². The van der Waals surface area contributed by atoms with Gasteiger partial charge in [-0.2, -0.15) is 0 Å². The molecule has 0 unspecified atom stereocenters. The van der Waals surface area contributed by atoms with Gasteiger partial charge in [0.05, 0.1) is 36.5 Å². The predicted molar refractivity (Wildman–Crippen MR) is 156 cm³/mol. The monoisotopic (exact) mass is 561 g/mol. The molecule has 0 radical (unpaired) electrons. The van der Waals surface area contributed by atoms with Crippen molar-refractivity contribution in [1.82, 2.24) is 9.97 Å². The number of aliphatic hydroxyl groups is 1. The lowest BCUT2D eigenvalue weighted by molar-refractivity contribution is 0.00578. The lowest BCUT2D eigenvalue weighted by Gasteiger charge is -2.32. The fourth-order valence-electron chi connectivity index (χ4n) is 5.53. The van der Waals surface area contributed by atoms with Crippen LogP contribution in [0.4, 0.5) is 10.1 Å². The van der Waals surface area contributed by atoms with Crippen LogP contribution in [-0.2, 0) is 15.7 Å². The number of anilines is 1. The van der Waals surface area contributed by atoms with Gasteiger partial charge in [-0.1, -0.05) is 25.1 Å². The first-order valence-electron chi connectivity index (χ1n) is 14.0. The van der Waals surface area contributed by atoms with Crippen LogP contribution in [-0.4, -0.2) is 65.5 Å². The second-order valence-corrected chi connectivity index (χ2v) is 12.0. The van der Waals surface area contributed by atoms with Gasteiger partial charge < -0.3 is 24.1 Å². The first-order chi connectivity index (χ1) is 19.4. The molecule has 41 heavy (non-hydrogen) atoms. The van der Waals surface area contributed by atoms with E-state index in [1.165, 1.54) is 25.4 Å². The lowest BCUT2D eigenvalue weighted by atomic mass is 9.78. The van der Waals surface area contributed by atoms with Crippen LogP contribution in [0.15, 0.2) is 48.7 Å². The number of hydrogen-bond acceptors (Lipinski definition) is 8. The van der Waals surface area contributed by atoms with E-state index < -0.39 is 24.1 Å². The van der Waals surface area contributed by atoms with Crippen molar-refractivity contribution in [2.75, 3.05) is 25.2 Å². The van der Waals surface area contributed by atoms with Crippen molar-refractivity contribution in [2.45, 2.75) is 64.7 Å². The summed E-state index contributed by atoms with van der Waals surface area (Å²) in [4.78, 5) is 24.4. The third-order valence-electron chi connectivity index (χ3n) is 8.49. The molecule has 3 aromatic rings. The van der Waals surface area contributed by atoms with Crippen molar-refractivity contribution in [1.29, 1.82) is 0 Å². The number of hydrogen-bond donors (Lipinski definition) is 1. The Hall–Kier alpha value is -3.34. The van der Waals surface area contributed by atoms with E-state index in [1.54, 1.807) is 12.1 Å². The highest BCUT2D eigenvalue weighted by molar-refractivity contribution is 6.62. The highest BCUT2D eigenvalue weighted by Crippen LogP contribution is 2.38. The van der Waals surface area contributed by atoms with Crippen LogP contribution in [0.2, 0.25) is 0 Å². The third-order valence-corrected chi connectivity index (χ3v) is 8.49. The molecular weight excluding hydrogens is 524 g/mol. The quantitative estimate of drug-likeness (QED) is 0.323. The number of carbonyl (C=O) groups excluding carboxylic acids is 1. The summed E-state index contributed by atoms with van der Waals surface area (Å²) in [6.07, 6.45) is 2.37. The van der Waals surface area contributed by atoms with E-state index in [0.29, 0.717) is 5.92 Å². The van der Waals surface area contributed by atoms with E-state index in [4.69, 9.17) is 14.0 Å². The van der Waals surface area contributed by atoms with E-state index in [1.807, 2.05) is 45.9 Å². The maximum absolute atomic E-state index is 14.7. The minimum Gasteiger partial charge on any atom is -0.496 e. The highest BCUT2D eigenvalue weighted by atomic mass is 19.1. The molecule has 0 amide bonds. The number of carbonyl (C=O) groups is 1. The topological polar surface area (TPSA) is 94.0 Å². The number of methoxy groups -OCH3 is 1. The molecule has 3 heterocycles. The zero-order chi connectivity index (χ0) is 29.5. The van der Waals surface area contributed by atoms with Gasteiger partial charge in [0.15, 0.2) is 11.6 Å². The van der Waals surface area contributed by atoms with Gasteiger partial charge in [0.1, 0.15) is 17.3 Å². The molecule has 0 aliphatic carbocycles. The van der Waals surface area contributed by atoms with Crippen molar-refractivity contribution in [2.24, 2.45) is 5.92 Å². The number of benzene rings is 2. The Bertz CT molecular complexity index is 1430. The Kier molecular flexibility index (Phi) is 7.93. The van der Waals surface area contributed by atoms with Crippen molar-refractivity contribution >= 4 is 24.1 Å². The normalized spacial score (nSPS) is 21.4. The third kappa shape index (κ3) is 5.60. The van der Waals surface area contributed by atoms with Crippen LogP contribution in [0, 0.1) is 11.7 Å². The maximum atomic E-state index is 14.7. The average Bonchev–Trinajstić information content (AvgIpc) is 3.42. The van der Waals surface area contributed by atoms with E-state index in [-0.39, 0.29) is 47.7 Å². The van der Waals surface area contributed by atoms with Crippen molar-refractivity contribution in [3.05, 3.63) is 65.7 Å². The summed E-state index contributed by atoms with van der Waals surface area (Å²) in [6, 6.07) is 11.8. The summed E-state index contributed by atoms with van der Waals surface area (Å²) in [5, 5.41) is 10.2. The number of aliphatic hydroxyl groups excluding tert-OH is 1. The molecule has 216 valence electrons. The minimum absolute atomic E-state index is 0.0121. The molecule has 5 rings (SSSR count). The number of rotatable bonds is 8. The van der Waals surface area contributed by atoms with Crippen LogP contribution >= 0.6 is 0 Å². The lowest BCUT2D eigenvalue weighted by Crippen LogP contribution is -2.41. The Balaban J connectivity index is 1.49. The molecule has 8 nitrogen and oxygen atoms in total. The van der Waals surface area contributed by atoms with Gasteiger partial charge in [-0.05, 0) is 75.3 Å². The van der Waals surface area contributed by atoms with E-state index in [0.717, 1.165) is 29.7 Å². The molecule has 2 atom stereocenters. The Morgan fingerprint density at radius 1 is 1.17 bits per heavy atom. The predicted octanol–water partition coefficient (Wildman–Crippen LogP) is 4.22. The molecule has 2 aliphatic rings. The summed E-state index contributed by atoms with van der Waals surface area (Å²) < 4.78 is 32.6. The van der Waals surface area contributed by atoms with Crippen LogP contribution < -0.4 is 15.1 Å². The largest absolute Gasteiger partial charge is 0.496 e. The van der Waals surface area contributed by atoms with Gasteiger partial charge >= 0.3 is 7.12 Å². The zero-order valence-corrected chi connectivity index (χ0v) is 24.5. The fraction of sp³-hybridized carbons (Fsp3) is 0.452. The van der Waals surface area contributed by atoms with Crippen molar-refractivity contribution < 1.29 is 28.3 Å². The molecule has 0 spiro atoms. The second-order valence-electron chi connectivity index (χ2n) is 12.0. The minimum atomic E-state index is -0.559. The number of Topliss-reactive ketones (excluding diaryl/α,β-unsaturated/α-hetero) is 1. The van der Waals surface area contributed by atoms with Crippen LogP contribution in [0.3, 0.4) is 0 Å². The standard InChI is InChI=1S/C31H37BFN3O5/c1-19-14-22(18-37)36(17-19)25-16-21(32-40-30(2,3)31(4,5)41-32)11-10-20(25)15-26(38)24-12-13-34-29(35-24)28-23(33)8-7-9-27(28)39-6/h7-13,16,19,22,37H,14-15,17-18H2,1-6H3/t19-,22-/m0/s1. The molecule has 1 N–H and O–H groups in total. The molecule has 10 heteroatoms. The van der Waals surface area contributed by atoms with Crippen molar-refractivity contribution in [3.63, 3.8) is 0 Å². The van der Waals surface area contributed by atoms with Gasteiger partial charge in [-0.15, -0.1) is 0 Å². The summed E-state index contributed by atoms with van der Waals surface area (Å²) in [7, 11) is 0.886. The number of aromatic nitrogens is 2. The summed E-state index contributed by atoms with van der Waals surface area (Å²) in [6.45, 7) is 11.0. The fourth-order valence-corrected chi connectivity index (χ4v) is 5.53. The summed E-state index contributed by atoms with van der Waals surface area (Å²) in [5.74, 6) is -0.0188. The van der Waals surface area contributed by atoms with E-state index in [9.17, 15) is 14.3 Å². The number of ketones is 1. The Labute approximate surface area is 241 Å². The van der Waals surface area contributed by atoms with Crippen molar-refractivity contribution in [3.8, 4) is 17.1 Å². The van der Waals surface area contributed by atoms with Gasteiger partial charge in [0.25, 0.3) is 0 Å². The van der Waals surface area contributed by atoms with E-state index in [2.05, 4.69) is 21.8 Å². The molecule has 2 fully saturated rings. The molecule has 0 saturated carbocycles. The van der Waals surface area contributed by atoms with Crippen LogP contribution in [0.5, 0.6) is 5.75 Å². The first-order valence-corrected chi connectivity index (χ1v) is 14.0. The Morgan fingerprint density at radius 2 is 1.90 bits per heavy atom. The molecule has 1 aromatic heterocycles. The Morgan fingerprint density at radius 3 is 2.59 bits per heavy atom. The van der Waals surface area contributed by atoms with Gasteiger partial charge in [-0.3, -0.25) is 4.79 Å². The van der Waals surface area contributed by atoms with Crippen LogP contribution in [0.25, 0.3) is 11.4 Å². The number of nitrogens with zero attached hydrogens (tertiary/aromatic N) is 3. The van der Waals surface area contributed by atoms with Crippen LogP contribution in [0.1, 0.15) is 57.1 Å². The van der Waals surface area contributed by atoms with E-state index >= 15 is 0 Å². The number of halogens is 1. The smallest absolute Gasteiger partial charge is 0.494 e. The molecule has 2 aliphatic heterocycles. The van der Waals surface area contributed by atoms with Gasteiger partial charge in [-0.25, -0.2) is 14.4 Å². The molecule has 2 saturated heterocycles. The summed E-state index contributed by atoms with van der Waals surface area (Å²) >= 11 is 0. The zero-order valence-electron chi connectivity index (χ0n) is 24.5. The SMILES string of the molecule is COc1cccc(F)c1-c1nccc(C(=O)Cc2ccc(B3OC(C)(C)C(C)(C)O3)cc2N2C[C@@H](C)C[C@H]2CO)n1. The molecule has 0 bridgehead atoms. The molecule has 2 aromatic carbocycles. The first kappa shape index (κ1) is 29.2. The molecular formula is C31H37BFN3O5. The van der Waals surface area contributed by atoms with Gasteiger partial charge in [0.2, 0.25) is 0 Å². The number of ether oxygens (including phenoxy) is 1. The second kappa shape index (κ2) is 11.2. The highest BCUT2D eigenvalue weighted by Gasteiger charge is 2.52. The summed E-state index contributed by atoms with van der Waals surface area (Å²) in [5.41, 5.74) is 1.80. The maximum Gasteiger partial charge on any atom is 0.494 e. The average molecular weight is 561 g/mol.